The molecule has 6 nitrogen and oxygen atoms in total. The summed E-state index contributed by atoms with van der Waals surface area (Å²) < 4.78 is 3.80. The Morgan fingerprint density at radius 2 is 2.14 bits per heavy atom. The molecule has 0 unspecified atom stereocenters. The average Bonchev–Trinajstić information content (AvgIpc) is 2.89. The minimum absolute atomic E-state index is 0.170. The van der Waals surface area contributed by atoms with Gasteiger partial charge >= 0.3 is 5.97 Å². The summed E-state index contributed by atoms with van der Waals surface area (Å²) in [5.41, 5.74) is 1.93. The molecule has 1 amide bonds. The first-order valence-corrected chi connectivity index (χ1v) is 7.26. The van der Waals surface area contributed by atoms with Crippen LogP contribution in [0.4, 0.5) is 5.69 Å². The van der Waals surface area contributed by atoms with Crippen LogP contribution in [0, 0.1) is 6.92 Å². The molecule has 7 heteroatoms. The highest BCUT2D eigenvalue weighted by Gasteiger charge is 2.16. The topological polar surface area (TPSA) is 92.2 Å². The number of rotatable bonds is 5. The summed E-state index contributed by atoms with van der Waals surface area (Å²) in [5.74, 6) is -1.33. The Kier molecular flexibility index (Phi) is 4.64. The largest absolute Gasteiger partial charge is 0.478 e. The van der Waals surface area contributed by atoms with Crippen LogP contribution in [0.25, 0.3) is 0 Å². The molecule has 21 heavy (non-hydrogen) atoms. The molecule has 0 saturated heterocycles. The highest BCUT2D eigenvalue weighted by molar-refractivity contribution is 7.08. The number of aromatic nitrogens is 2. The van der Waals surface area contributed by atoms with E-state index in [0.29, 0.717) is 28.2 Å². The van der Waals surface area contributed by atoms with Crippen LogP contribution in [0.15, 0.2) is 18.2 Å². The first kappa shape index (κ1) is 15.1. The van der Waals surface area contributed by atoms with Crippen molar-refractivity contribution in [3.8, 4) is 0 Å². The molecular weight excluding hydrogens is 290 g/mol. The van der Waals surface area contributed by atoms with Crippen molar-refractivity contribution >= 4 is 29.1 Å². The molecule has 0 aliphatic rings. The normalized spacial score (nSPS) is 10.4. The summed E-state index contributed by atoms with van der Waals surface area (Å²) in [4.78, 5) is 23.8. The van der Waals surface area contributed by atoms with E-state index in [4.69, 9.17) is 5.11 Å². The van der Waals surface area contributed by atoms with E-state index in [9.17, 15) is 9.59 Å². The van der Waals surface area contributed by atoms with Gasteiger partial charge in [-0.15, -0.1) is 5.10 Å². The molecule has 2 rings (SSSR count). The summed E-state index contributed by atoms with van der Waals surface area (Å²) in [6.45, 7) is 3.71. The predicted molar refractivity (Wildman–Crippen MR) is 80.0 cm³/mol. The number of carboxylic acid groups (broad SMARTS) is 1. The summed E-state index contributed by atoms with van der Waals surface area (Å²) in [6.07, 6.45) is 1.56. The number of nitrogens with one attached hydrogen (secondary N) is 1. The third-order valence-corrected chi connectivity index (χ3v) is 3.74. The van der Waals surface area contributed by atoms with Gasteiger partial charge in [0.25, 0.3) is 5.91 Å². The lowest BCUT2D eigenvalue weighted by Gasteiger charge is -2.07. The number of aryl methyl sites for hydroxylation is 2. The maximum absolute atomic E-state index is 12.2. The molecule has 0 saturated carbocycles. The molecule has 0 aliphatic heterocycles. The summed E-state index contributed by atoms with van der Waals surface area (Å²) >= 11 is 1.04. The van der Waals surface area contributed by atoms with Crippen LogP contribution >= 0.6 is 11.5 Å². The fourth-order valence-corrected chi connectivity index (χ4v) is 2.50. The van der Waals surface area contributed by atoms with E-state index < -0.39 is 5.97 Å². The molecule has 2 N–H and O–H groups in total. The Labute approximate surface area is 126 Å². The molecule has 0 aliphatic carbocycles. The summed E-state index contributed by atoms with van der Waals surface area (Å²) in [7, 11) is 0. The van der Waals surface area contributed by atoms with Gasteiger partial charge in [-0.05, 0) is 42.6 Å². The molecule has 0 spiro atoms. The van der Waals surface area contributed by atoms with Gasteiger partial charge < -0.3 is 10.4 Å². The van der Waals surface area contributed by atoms with Crippen molar-refractivity contribution in [3.63, 3.8) is 0 Å². The van der Waals surface area contributed by atoms with E-state index >= 15 is 0 Å². The first-order valence-electron chi connectivity index (χ1n) is 6.49. The van der Waals surface area contributed by atoms with E-state index in [1.807, 2.05) is 6.92 Å². The van der Waals surface area contributed by atoms with Gasteiger partial charge in [-0.25, -0.2) is 4.79 Å². The third kappa shape index (κ3) is 3.43. The quantitative estimate of drug-likeness (QED) is 0.886. The Bertz CT molecular complexity index is 682. The van der Waals surface area contributed by atoms with Crippen LogP contribution in [0.3, 0.4) is 0 Å². The smallest absolute Gasteiger partial charge is 0.336 e. The Balaban J connectivity index is 2.21. The average molecular weight is 305 g/mol. The van der Waals surface area contributed by atoms with Gasteiger partial charge in [0.2, 0.25) is 0 Å². The molecule has 0 radical (unpaired) electrons. The molecule has 0 fully saturated rings. The maximum Gasteiger partial charge on any atom is 0.336 e. The number of amides is 1. The molecule has 0 bridgehead atoms. The highest BCUT2D eigenvalue weighted by Crippen LogP contribution is 2.18. The maximum atomic E-state index is 12.2. The number of hydrogen-bond acceptors (Lipinski definition) is 5. The van der Waals surface area contributed by atoms with Crippen LogP contribution in [0.2, 0.25) is 0 Å². The molecule has 1 aromatic heterocycles. The van der Waals surface area contributed by atoms with Gasteiger partial charge in [-0.3, -0.25) is 4.79 Å². The minimum atomic E-state index is -1.02. The van der Waals surface area contributed by atoms with E-state index in [2.05, 4.69) is 14.9 Å². The zero-order valence-electron chi connectivity index (χ0n) is 11.7. The van der Waals surface area contributed by atoms with Crippen LogP contribution in [0.5, 0.6) is 0 Å². The van der Waals surface area contributed by atoms with Crippen LogP contribution < -0.4 is 5.32 Å². The lowest BCUT2D eigenvalue weighted by Crippen LogP contribution is -2.13. The van der Waals surface area contributed by atoms with E-state index in [-0.39, 0.29) is 11.5 Å². The van der Waals surface area contributed by atoms with E-state index in [1.165, 1.54) is 6.07 Å². The van der Waals surface area contributed by atoms with Gasteiger partial charge in [0.15, 0.2) is 0 Å². The Morgan fingerprint density at radius 3 is 2.81 bits per heavy atom. The van der Waals surface area contributed by atoms with Crippen molar-refractivity contribution in [2.45, 2.75) is 26.7 Å². The van der Waals surface area contributed by atoms with Crippen molar-refractivity contribution < 1.29 is 14.7 Å². The van der Waals surface area contributed by atoms with Crippen molar-refractivity contribution in [2.75, 3.05) is 5.32 Å². The second kappa shape index (κ2) is 6.45. The predicted octanol–water partition coefficient (Wildman–Crippen LogP) is 2.75. The first-order chi connectivity index (χ1) is 10.0. The summed E-state index contributed by atoms with van der Waals surface area (Å²) in [5, 5.41) is 15.7. The molecule has 2 aromatic rings. The lowest BCUT2D eigenvalue weighted by atomic mass is 10.1. The van der Waals surface area contributed by atoms with Gasteiger partial charge in [0, 0.05) is 5.69 Å². The summed E-state index contributed by atoms with van der Waals surface area (Å²) in [6, 6.07) is 4.79. The van der Waals surface area contributed by atoms with Gasteiger partial charge in [-0.1, -0.05) is 23.9 Å². The zero-order valence-corrected chi connectivity index (χ0v) is 12.5. The zero-order chi connectivity index (χ0) is 15.4. The second-order valence-electron chi connectivity index (χ2n) is 4.59. The van der Waals surface area contributed by atoms with Crippen LogP contribution in [-0.2, 0) is 6.42 Å². The number of carbonyl (C=O) groups excluding carboxylic acids is 1. The molecule has 1 heterocycles. The fourth-order valence-electron chi connectivity index (χ4n) is 1.90. The lowest BCUT2D eigenvalue weighted by molar-refractivity contribution is 0.0695. The van der Waals surface area contributed by atoms with Crippen molar-refractivity contribution in [3.05, 3.63) is 39.9 Å². The fraction of sp³-hybridized carbons (Fsp3) is 0.286. The van der Waals surface area contributed by atoms with Gasteiger partial charge in [-0.2, -0.15) is 0 Å². The minimum Gasteiger partial charge on any atom is -0.478 e. The number of nitrogens with zero attached hydrogens (tertiary/aromatic N) is 2. The number of hydrogen-bond donors (Lipinski definition) is 2. The van der Waals surface area contributed by atoms with Crippen molar-refractivity contribution in [1.29, 1.82) is 0 Å². The number of anilines is 1. The number of carbonyl (C=O) groups is 2. The molecule has 0 atom stereocenters. The van der Waals surface area contributed by atoms with Crippen molar-refractivity contribution in [2.24, 2.45) is 0 Å². The van der Waals surface area contributed by atoms with E-state index in [0.717, 1.165) is 18.0 Å². The SMILES string of the molecule is CCCc1nnsc1C(=O)Nc1ccc(C)c(C(=O)O)c1. The van der Waals surface area contributed by atoms with Crippen molar-refractivity contribution in [1.82, 2.24) is 9.59 Å². The van der Waals surface area contributed by atoms with Gasteiger partial charge in [0.1, 0.15) is 4.88 Å². The number of benzene rings is 1. The third-order valence-electron chi connectivity index (χ3n) is 2.97. The van der Waals surface area contributed by atoms with Crippen LogP contribution in [0.1, 0.15) is 44.6 Å². The molecule has 110 valence electrons. The standard InChI is InChI=1S/C14H15N3O3S/c1-3-4-11-12(21-17-16-11)13(18)15-9-6-5-8(2)10(7-9)14(19)20/h5-7H,3-4H2,1-2H3,(H,15,18)(H,19,20). The van der Waals surface area contributed by atoms with Crippen LogP contribution in [-0.4, -0.2) is 26.6 Å². The van der Waals surface area contributed by atoms with E-state index in [1.54, 1.807) is 19.1 Å². The number of aromatic carboxylic acids is 1. The molecule has 1 aromatic carbocycles. The Hall–Kier alpha value is -2.28. The monoisotopic (exact) mass is 305 g/mol. The molecular formula is C14H15N3O3S. The Morgan fingerprint density at radius 1 is 1.38 bits per heavy atom. The second-order valence-corrected chi connectivity index (χ2v) is 5.34. The number of carboxylic acids is 1. The highest BCUT2D eigenvalue weighted by atomic mass is 32.1. The van der Waals surface area contributed by atoms with Gasteiger partial charge in [0.05, 0.1) is 11.3 Å².